The Morgan fingerprint density at radius 3 is 2.78 bits per heavy atom. The Labute approximate surface area is 112 Å². The van der Waals surface area contributed by atoms with Crippen LogP contribution in [0.2, 0.25) is 0 Å². The van der Waals surface area contributed by atoms with Gasteiger partial charge >= 0.3 is 5.97 Å². The number of hydrogen-bond acceptors (Lipinski definition) is 4. The summed E-state index contributed by atoms with van der Waals surface area (Å²) in [6, 6.07) is 4.25. The van der Waals surface area contributed by atoms with Gasteiger partial charge in [-0.3, -0.25) is 10.1 Å². The number of aliphatic carboxylic acids is 1. The van der Waals surface area contributed by atoms with Crippen LogP contribution in [0.25, 0.3) is 0 Å². The average molecular weight is 318 g/mol. The lowest BCUT2D eigenvalue weighted by Gasteiger charge is -2.15. The van der Waals surface area contributed by atoms with Gasteiger partial charge in [-0.25, -0.2) is 4.79 Å². The summed E-state index contributed by atoms with van der Waals surface area (Å²) in [5, 5.41) is 19.7. The van der Waals surface area contributed by atoms with Crippen molar-refractivity contribution in [3.8, 4) is 5.75 Å². The minimum Gasteiger partial charge on any atom is -0.479 e. The summed E-state index contributed by atoms with van der Waals surface area (Å²) in [4.78, 5) is 21.1. The number of ether oxygens (including phenoxy) is 1. The number of halogens is 1. The van der Waals surface area contributed by atoms with Crippen LogP contribution in [-0.2, 0) is 4.79 Å². The molecule has 0 saturated heterocycles. The molecule has 0 radical (unpaired) electrons. The van der Waals surface area contributed by atoms with Gasteiger partial charge in [-0.15, -0.1) is 0 Å². The largest absolute Gasteiger partial charge is 0.479 e. The maximum Gasteiger partial charge on any atom is 0.344 e. The third-order valence-corrected chi connectivity index (χ3v) is 3.03. The standard InChI is InChI=1S/C11H12BrNO5/c1-2-4-9(11(14)15)18-8-6-3-5-7(10(8)12)13(16)17/h3,5-6,9H,2,4H2,1H3,(H,14,15). The Morgan fingerprint density at radius 1 is 1.61 bits per heavy atom. The molecule has 0 aliphatic rings. The second-order valence-corrected chi connectivity index (χ2v) is 4.37. The number of carboxylic acid groups (broad SMARTS) is 1. The third kappa shape index (κ3) is 3.43. The number of carbonyl (C=O) groups is 1. The minimum absolute atomic E-state index is 0.150. The molecule has 1 atom stereocenters. The molecule has 0 saturated carbocycles. The second-order valence-electron chi connectivity index (χ2n) is 3.58. The van der Waals surface area contributed by atoms with Gasteiger partial charge in [0.1, 0.15) is 10.2 Å². The minimum atomic E-state index is -1.09. The van der Waals surface area contributed by atoms with E-state index in [4.69, 9.17) is 9.84 Å². The highest BCUT2D eigenvalue weighted by molar-refractivity contribution is 9.10. The zero-order valence-electron chi connectivity index (χ0n) is 9.63. The predicted octanol–water partition coefficient (Wildman–Crippen LogP) is 2.99. The van der Waals surface area contributed by atoms with E-state index in [9.17, 15) is 14.9 Å². The molecule has 98 valence electrons. The number of nitro benzene ring substituents is 1. The lowest BCUT2D eigenvalue weighted by Crippen LogP contribution is -2.26. The number of carboxylic acids is 1. The zero-order valence-corrected chi connectivity index (χ0v) is 11.2. The van der Waals surface area contributed by atoms with Crippen molar-refractivity contribution in [2.45, 2.75) is 25.9 Å². The van der Waals surface area contributed by atoms with E-state index in [2.05, 4.69) is 15.9 Å². The Balaban J connectivity index is 2.99. The fourth-order valence-electron chi connectivity index (χ4n) is 1.38. The first-order chi connectivity index (χ1) is 8.47. The van der Waals surface area contributed by atoms with Crippen LogP contribution in [0.15, 0.2) is 22.7 Å². The van der Waals surface area contributed by atoms with Crippen LogP contribution in [0.5, 0.6) is 5.75 Å². The smallest absolute Gasteiger partial charge is 0.344 e. The van der Waals surface area contributed by atoms with Gasteiger partial charge in [-0.1, -0.05) is 19.4 Å². The first-order valence-corrected chi connectivity index (χ1v) is 6.09. The second kappa shape index (κ2) is 6.34. The maximum absolute atomic E-state index is 10.9. The van der Waals surface area contributed by atoms with Crippen molar-refractivity contribution in [3.05, 3.63) is 32.8 Å². The summed E-state index contributed by atoms with van der Waals surface area (Å²) in [6.07, 6.45) is -0.0261. The summed E-state index contributed by atoms with van der Waals surface area (Å²) < 4.78 is 5.44. The Kier molecular flexibility index (Phi) is 5.08. The van der Waals surface area contributed by atoms with Crippen LogP contribution < -0.4 is 4.74 Å². The molecule has 0 amide bonds. The van der Waals surface area contributed by atoms with E-state index in [1.54, 1.807) is 0 Å². The summed E-state index contributed by atoms with van der Waals surface area (Å²) in [7, 11) is 0. The van der Waals surface area contributed by atoms with E-state index in [-0.39, 0.29) is 15.9 Å². The molecule has 0 aliphatic heterocycles. The van der Waals surface area contributed by atoms with Gasteiger partial charge < -0.3 is 9.84 Å². The molecule has 1 unspecified atom stereocenters. The quantitative estimate of drug-likeness (QED) is 0.643. The fourth-order valence-corrected chi connectivity index (χ4v) is 1.88. The van der Waals surface area contributed by atoms with Crippen molar-refractivity contribution in [3.63, 3.8) is 0 Å². The van der Waals surface area contributed by atoms with E-state index in [1.165, 1.54) is 18.2 Å². The maximum atomic E-state index is 10.9. The summed E-state index contributed by atoms with van der Waals surface area (Å²) in [6.45, 7) is 1.84. The molecule has 1 aromatic carbocycles. The van der Waals surface area contributed by atoms with Crippen molar-refractivity contribution in [2.24, 2.45) is 0 Å². The number of hydrogen-bond donors (Lipinski definition) is 1. The number of benzene rings is 1. The number of nitro groups is 1. The van der Waals surface area contributed by atoms with Crippen molar-refractivity contribution in [1.29, 1.82) is 0 Å². The van der Waals surface area contributed by atoms with Gasteiger partial charge in [-0.2, -0.15) is 0 Å². The molecule has 0 aliphatic carbocycles. The van der Waals surface area contributed by atoms with E-state index in [0.29, 0.717) is 12.8 Å². The Morgan fingerprint density at radius 2 is 2.28 bits per heavy atom. The fraction of sp³-hybridized carbons (Fsp3) is 0.364. The molecule has 0 spiro atoms. The molecule has 1 rings (SSSR count). The molecule has 1 aromatic rings. The first kappa shape index (κ1) is 14.4. The van der Waals surface area contributed by atoms with E-state index < -0.39 is 17.0 Å². The normalized spacial score (nSPS) is 11.9. The lowest BCUT2D eigenvalue weighted by atomic mass is 10.2. The van der Waals surface area contributed by atoms with Crippen molar-refractivity contribution < 1.29 is 19.6 Å². The van der Waals surface area contributed by atoms with Gasteiger partial charge in [0.05, 0.1) is 4.92 Å². The molecule has 0 aromatic heterocycles. The highest BCUT2D eigenvalue weighted by atomic mass is 79.9. The van der Waals surface area contributed by atoms with E-state index in [0.717, 1.165) is 0 Å². The molecule has 0 fully saturated rings. The molecule has 7 heteroatoms. The van der Waals surface area contributed by atoms with Crippen LogP contribution in [0.4, 0.5) is 5.69 Å². The Bertz CT molecular complexity index is 463. The molecule has 0 bridgehead atoms. The molecular formula is C11H12BrNO5. The zero-order chi connectivity index (χ0) is 13.7. The van der Waals surface area contributed by atoms with E-state index in [1.807, 2.05) is 6.92 Å². The van der Waals surface area contributed by atoms with Gasteiger partial charge in [0.25, 0.3) is 5.69 Å². The van der Waals surface area contributed by atoms with Crippen molar-refractivity contribution >= 4 is 27.6 Å². The van der Waals surface area contributed by atoms with Crippen LogP contribution in [0.3, 0.4) is 0 Å². The number of rotatable bonds is 6. The average Bonchev–Trinajstić information content (AvgIpc) is 2.30. The third-order valence-electron chi connectivity index (χ3n) is 2.24. The van der Waals surface area contributed by atoms with Crippen LogP contribution in [0.1, 0.15) is 19.8 Å². The van der Waals surface area contributed by atoms with Crippen LogP contribution in [-0.4, -0.2) is 22.1 Å². The SMILES string of the molecule is CCCC(Oc1cccc([N+](=O)[O-])c1Br)C(=O)O. The molecule has 18 heavy (non-hydrogen) atoms. The van der Waals surface area contributed by atoms with Gasteiger partial charge in [0.2, 0.25) is 0 Å². The number of nitrogens with zero attached hydrogens (tertiary/aromatic N) is 1. The topological polar surface area (TPSA) is 89.7 Å². The molecular weight excluding hydrogens is 306 g/mol. The summed E-state index contributed by atoms with van der Waals surface area (Å²) in [5.41, 5.74) is -0.159. The molecule has 6 nitrogen and oxygen atoms in total. The van der Waals surface area contributed by atoms with Crippen LogP contribution >= 0.6 is 15.9 Å². The molecule has 1 N–H and O–H groups in total. The van der Waals surface area contributed by atoms with Gasteiger partial charge in [0, 0.05) is 6.07 Å². The summed E-state index contributed by atoms with van der Waals surface area (Å²) in [5.74, 6) is -0.930. The lowest BCUT2D eigenvalue weighted by molar-refractivity contribution is -0.385. The van der Waals surface area contributed by atoms with Gasteiger partial charge in [0.15, 0.2) is 6.10 Å². The Hall–Kier alpha value is -1.63. The highest BCUT2D eigenvalue weighted by Crippen LogP contribution is 2.34. The predicted molar refractivity (Wildman–Crippen MR) is 67.8 cm³/mol. The van der Waals surface area contributed by atoms with Crippen molar-refractivity contribution in [2.75, 3.05) is 0 Å². The van der Waals surface area contributed by atoms with Gasteiger partial charge in [-0.05, 0) is 28.4 Å². The monoisotopic (exact) mass is 317 g/mol. The first-order valence-electron chi connectivity index (χ1n) is 5.29. The van der Waals surface area contributed by atoms with E-state index >= 15 is 0 Å². The summed E-state index contributed by atoms with van der Waals surface area (Å²) >= 11 is 3.05. The molecule has 0 heterocycles. The van der Waals surface area contributed by atoms with Crippen LogP contribution in [0, 0.1) is 10.1 Å². The highest BCUT2D eigenvalue weighted by Gasteiger charge is 2.22. The van der Waals surface area contributed by atoms with Crippen molar-refractivity contribution in [1.82, 2.24) is 0 Å².